The molecule has 0 spiro atoms. The number of ether oxygens (including phenoxy) is 2. The Balaban J connectivity index is 1.59. The van der Waals surface area contributed by atoms with Gasteiger partial charge in [-0.1, -0.05) is 23.7 Å². The highest BCUT2D eigenvalue weighted by Crippen LogP contribution is 2.51. The van der Waals surface area contributed by atoms with Crippen molar-refractivity contribution in [3.8, 4) is 11.5 Å². The molecule has 0 bridgehead atoms. The van der Waals surface area contributed by atoms with Crippen molar-refractivity contribution in [3.05, 3.63) is 59.4 Å². The molecule has 32 heavy (non-hydrogen) atoms. The average molecular weight is 468 g/mol. The summed E-state index contributed by atoms with van der Waals surface area (Å²) in [4.78, 5) is 14.4. The molecule has 0 atom stereocenters. The quantitative estimate of drug-likeness (QED) is 0.410. The summed E-state index contributed by atoms with van der Waals surface area (Å²) in [6, 6.07) is 13.8. The second kappa shape index (κ2) is 8.18. The van der Waals surface area contributed by atoms with Crippen molar-refractivity contribution in [1.29, 1.82) is 0 Å². The molecule has 2 aromatic carbocycles. The summed E-state index contributed by atoms with van der Waals surface area (Å²) in [7, 11) is 3.29. The molecule has 4 aromatic rings. The predicted octanol–water partition coefficient (Wildman–Crippen LogP) is 4.96. The van der Waals surface area contributed by atoms with Crippen LogP contribution in [0, 0.1) is 0 Å². The number of imidazole rings is 1. The molecule has 0 amide bonds. The Morgan fingerprint density at radius 3 is 2.56 bits per heavy atom. The van der Waals surface area contributed by atoms with E-state index in [0.717, 1.165) is 51.6 Å². The van der Waals surface area contributed by atoms with Crippen LogP contribution in [0.15, 0.2) is 58.8 Å². The minimum atomic E-state index is 0.0195. The Bertz CT molecular complexity index is 1290. The maximum Gasteiger partial charge on any atom is 0.175 e. The summed E-state index contributed by atoms with van der Waals surface area (Å²) in [6.45, 7) is 0.732. The number of nitrogens with two attached hydrogens (primary N) is 1. The van der Waals surface area contributed by atoms with Gasteiger partial charge in [0.2, 0.25) is 0 Å². The molecule has 7 nitrogen and oxygen atoms in total. The zero-order chi connectivity index (χ0) is 22.3. The first-order chi connectivity index (χ1) is 15.5. The van der Waals surface area contributed by atoms with Crippen molar-refractivity contribution in [1.82, 2.24) is 19.5 Å². The van der Waals surface area contributed by atoms with Crippen molar-refractivity contribution in [3.63, 3.8) is 0 Å². The first kappa shape index (κ1) is 20.9. The molecule has 2 heterocycles. The van der Waals surface area contributed by atoms with Gasteiger partial charge in [-0.25, -0.2) is 15.0 Å². The van der Waals surface area contributed by atoms with Crippen molar-refractivity contribution in [2.24, 2.45) is 0 Å². The Hall–Kier alpha value is -2.97. The first-order valence-corrected chi connectivity index (χ1v) is 11.3. The van der Waals surface area contributed by atoms with E-state index in [9.17, 15) is 0 Å². The third kappa shape index (κ3) is 3.73. The second-order valence-corrected chi connectivity index (χ2v) is 9.26. The fourth-order valence-corrected chi connectivity index (χ4v) is 5.06. The van der Waals surface area contributed by atoms with E-state index >= 15 is 0 Å². The number of fused-ring (bicyclic) bond motifs is 1. The molecule has 164 valence electrons. The molecule has 2 aromatic heterocycles. The zero-order valence-corrected chi connectivity index (χ0v) is 19.3. The van der Waals surface area contributed by atoms with Gasteiger partial charge in [-0.2, -0.15) is 0 Å². The van der Waals surface area contributed by atoms with Crippen molar-refractivity contribution in [2.45, 2.75) is 34.9 Å². The van der Waals surface area contributed by atoms with Gasteiger partial charge < -0.3 is 19.8 Å². The zero-order valence-electron chi connectivity index (χ0n) is 17.7. The van der Waals surface area contributed by atoms with E-state index in [2.05, 4.69) is 26.7 Å². The molecule has 5 rings (SSSR count). The van der Waals surface area contributed by atoms with Gasteiger partial charge in [-0.05, 0) is 60.5 Å². The highest BCUT2D eigenvalue weighted by atomic mass is 35.5. The van der Waals surface area contributed by atoms with E-state index in [1.54, 1.807) is 14.2 Å². The van der Waals surface area contributed by atoms with Crippen LogP contribution in [0.2, 0.25) is 5.02 Å². The van der Waals surface area contributed by atoms with Crippen LogP contribution in [0.3, 0.4) is 0 Å². The minimum Gasteiger partial charge on any atom is -0.497 e. The lowest BCUT2D eigenvalue weighted by atomic mass is 9.96. The third-order valence-electron chi connectivity index (χ3n) is 5.87. The lowest BCUT2D eigenvalue weighted by molar-refractivity contribution is 0.394. The molecule has 0 aliphatic heterocycles. The molecule has 1 fully saturated rings. The number of rotatable bonds is 7. The monoisotopic (exact) mass is 467 g/mol. The minimum absolute atomic E-state index is 0.0195. The Kier molecular flexibility index (Phi) is 5.35. The fourth-order valence-electron chi connectivity index (χ4n) is 3.91. The lowest BCUT2D eigenvalue weighted by Crippen LogP contribution is -2.17. The van der Waals surface area contributed by atoms with Crippen LogP contribution in [0.1, 0.15) is 18.4 Å². The van der Waals surface area contributed by atoms with Crippen LogP contribution >= 0.6 is 23.4 Å². The van der Waals surface area contributed by atoms with Crippen LogP contribution in [-0.4, -0.2) is 33.7 Å². The van der Waals surface area contributed by atoms with Gasteiger partial charge in [-0.15, -0.1) is 0 Å². The number of hydrogen-bond donors (Lipinski definition) is 1. The first-order valence-electron chi connectivity index (χ1n) is 10.2. The van der Waals surface area contributed by atoms with Gasteiger partial charge in [0.05, 0.1) is 19.1 Å². The molecule has 0 radical (unpaired) electrons. The summed E-state index contributed by atoms with van der Waals surface area (Å²) in [5.74, 6) is 1.85. The topological polar surface area (TPSA) is 88.1 Å². The number of nitrogen functional groups attached to an aromatic ring is 1. The van der Waals surface area contributed by atoms with Crippen LogP contribution in [0.5, 0.6) is 11.5 Å². The van der Waals surface area contributed by atoms with E-state index in [0.29, 0.717) is 11.3 Å². The summed E-state index contributed by atoms with van der Waals surface area (Å²) < 4.78 is 13.1. The van der Waals surface area contributed by atoms with Crippen LogP contribution in [-0.2, 0) is 12.0 Å². The van der Waals surface area contributed by atoms with Crippen LogP contribution in [0.4, 0.5) is 5.82 Å². The van der Waals surface area contributed by atoms with E-state index in [1.807, 2.05) is 30.3 Å². The van der Waals surface area contributed by atoms with Gasteiger partial charge in [0, 0.05) is 17.0 Å². The summed E-state index contributed by atoms with van der Waals surface area (Å²) >= 11 is 7.62. The average Bonchev–Trinajstić information content (AvgIpc) is 3.51. The normalized spacial score (nSPS) is 14.5. The molecule has 2 N–H and O–H groups in total. The molecule has 0 saturated heterocycles. The van der Waals surface area contributed by atoms with Gasteiger partial charge in [0.15, 0.2) is 22.1 Å². The molecule has 1 saturated carbocycles. The van der Waals surface area contributed by atoms with E-state index in [-0.39, 0.29) is 5.41 Å². The van der Waals surface area contributed by atoms with E-state index in [1.165, 1.54) is 23.7 Å². The number of aromatic nitrogens is 4. The van der Waals surface area contributed by atoms with E-state index < -0.39 is 0 Å². The molecular weight excluding hydrogens is 446 g/mol. The fraction of sp³-hybridized carbons (Fsp3) is 0.261. The molecular formula is C23H22ClN5O2S. The highest BCUT2D eigenvalue weighted by Gasteiger charge is 2.45. The van der Waals surface area contributed by atoms with Gasteiger partial charge in [-0.3, -0.25) is 0 Å². The Labute approximate surface area is 194 Å². The van der Waals surface area contributed by atoms with Gasteiger partial charge in [0.1, 0.15) is 17.8 Å². The second-order valence-electron chi connectivity index (χ2n) is 7.82. The van der Waals surface area contributed by atoms with Crippen molar-refractivity contribution >= 4 is 40.3 Å². The SMILES string of the molecule is COc1ccc(OC)c(Sc2nc3c(N)ncnc3n2CC2(c3ccc(Cl)cc3)CC2)c1. The van der Waals surface area contributed by atoms with Gasteiger partial charge >= 0.3 is 0 Å². The lowest BCUT2D eigenvalue weighted by Gasteiger charge is -2.19. The number of halogens is 1. The Morgan fingerprint density at radius 1 is 1.09 bits per heavy atom. The number of methoxy groups -OCH3 is 2. The number of anilines is 1. The van der Waals surface area contributed by atoms with Crippen LogP contribution in [0.25, 0.3) is 11.2 Å². The summed E-state index contributed by atoms with van der Waals surface area (Å²) in [5.41, 5.74) is 8.75. The smallest absolute Gasteiger partial charge is 0.175 e. The molecule has 1 aliphatic rings. The number of nitrogens with zero attached hydrogens (tertiary/aromatic N) is 4. The predicted molar refractivity (Wildman–Crippen MR) is 126 cm³/mol. The molecule has 9 heteroatoms. The molecule has 0 unspecified atom stereocenters. The van der Waals surface area contributed by atoms with Gasteiger partial charge in [0.25, 0.3) is 0 Å². The van der Waals surface area contributed by atoms with Crippen molar-refractivity contribution in [2.75, 3.05) is 20.0 Å². The number of benzene rings is 2. The van der Waals surface area contributed by atoms with E-state index in [4.69, 9.17) is 31.8 Å². The largest absolute Gasteiger partial charge is 0.497 e. The summed E-state index contributed by atoms with van der Waals surface area (Å²) in [5, 5.41) is 1.51. The van der Waals surface area contributed by atoms with Crippen molar-refractivity contribution < 1.29 is 9.47 Å². The third-order valence-corrected chi connectivity index (χ3v) is 7.15. The Morgan fingerprint density at radius 2 is 1.88 bits per heavy atom. The molecule has 1 aliphatic carbocycles. The summed E-state index contributed by atoms with van der Waals surface area (Å²) in [6.07, 6.45) is 3.65. The highest BCUT2D eigenvalue weighted by molar-refractivity contribution is 7.99. The standard InChI is InChI=1S/C23H22ClN5O2S/c1-30-16-7-8-17(31-2)18(11-16)32-22-28-19-20(25)26-13-27-21(19)29(22)12-23(9-10-23)14-3-5-15(24)6-4-14/h3-8,11,13H,9-10,12H2,1-2H3,(H2,25,26,27). The maximum atomic E-state index is 6.15. The van der Waals surface area contributed by atoms with Crippen LogP contribution < -0.4 is 15.2 Å². The maximum absolute atomic E-state index is 6.15. The number of hydrogen-bond acceptors (Lipinski definition) is 7.